The molecule has 0 fully saturated rings. The Bertz CT molecular complexity index is 274. The quantitative estimate of drug-likeness (QED) is 0.145. The van der Waals surface area contributed by atoms with E-state index in [-0.39, 0.29) is 43.2 Å². The van der Waals surface area contributed by atoms with Crippen molar-refractivity contribution in [2.24, 2.45) is 0 Å². The van der Waals surface area contributed by atoms with E-state index >= 15 is 0 Å². The van der Waals surface area contributed by atoms with Gasteiger partial charge in [0.25, 0.3) is 0 Å². The summed E-state index contributed by atoms with van der Waals surface area (Å²) in [6.07, 6.45) is 20.4. The summed E-state index contributed by atoms with van der Waals surface area (Å²) < 4.78 is 1.12. The van der Waals surface area contributed by atoms with Crippen LogP contribution in [0, 0.1) is 15.3 Å². The van der Waals surface area contributed by atoms with E-state index in [0.29, 0.717) is 0 Å². The van der Waals surface area contributed by atoms with Crippen molar-refractivity contribution in [2.75, 3.05) is 27.7 Å². The Balaban J connectivity index is -0.000000363. The molecule has 0 bridgehead atoms. The van der Waals surface area contributed by atoms with E-state index in [4.69, 9.17) is 15.3 Å². The van der Waals surface area contributed by atoms with Crippen LogP contribution in [0.15, 0.2) is 0 Å². The molecule has 0 aromatic heterocycles. The Morgan fingerprint density at radius 3 is 1.12 bits per heavy atom. The topological polar surface area (TPSA) is 66.2 Å². The van der Waals surface area contributed by atoms with Crippen molar-refractivity contribution in [2.45, 2.75) is 96.8 Å². The van der Waals surface area contributed by atoms with Crippen molar-refractivity contribution >= 4 is 0 Å². The third kappa shape index (κ3) is 44.2. The smallest absolute Gasteiger partial charge is 0.0780 e. The van der Waals surface area contributed by atoms with Crippen molar-refractivity contribution in [3.05, 3.63) is 15.3 Å². The zero-order valence-electron chi connectivity index (χ0n) is 17.6. The summed E-state index contributed by atoms with van der Waals surface area (Å²) in [6, 6.07) is 0. The van der Waals surface area contributed by atoms with Gasteiger partial charge in [-0.05, 0) is 12.8 Å². The summed E-state index contributed by atoms with van der Waals surface area (Å²) in [6.45, 7) is 3.63. The van der Waals surface area contributed by atoms with Gasteiger partial charge in [-0.1, -0.05) is 84.0 Å². The molecule has 0 saturated carbocycles. The Labute approximate surface area is 191 Å². The fourth-order valence-electron chi connectivity index (χ4n) is 2.78. The molecule has 0 heterocycles. The summed E-state index contributed by atoms with van der Waals surface area (Å²) in [5, 5.41) is 14.8. The minimum absolute atomic E-state index is 0. The summed E-state index contributed by atoms with van der Waals surface area (Å²) in [4.78, 5) is 8.25. The molecule has 0 N–H and O–H groups in total. The third-order valence-electron chi connectivity index (χ3n) is 4.18. The van der Waals surface area contributed by atoms with Gasteiger partial charge < -0.3 is 36.8 Å². The molecule has 0 unspecified atom stereocenters. The SMILES string of the molecule is CCCCCCCCCCCCCCCC[N+](C)(C)C.O=[N+]([O-])[O-].[Br-].[Zr]. The van der Waals surface area contributed by atoms with E-state index in [1.165, 1.54) is 96.4 Å². The van der Waals surface area contributed by atoms with Crippen LogP contribution in [0.1, 0.15) is 96.8 Å². The standard InChI is InChI=1S/C19H42N.BrH.NO3.Zr/c1-5-6-7-8-9-10-11-12-13-14-15-16-17-18-19-20(2,3)4;;2-1(3)4;/h5-19H2,1-4H3;1H;;/q+1;;-1;/p-1. The van der Waals surface area contributed by atoms with Crippen molar-refractivity contribution < 1.29 is 52.8 Å². The van der Waals surface area contributed by atoms with Crippen LogP contribution in [-0.2, 0) is 26.2 Å². The van der Waals surface area contributed by atoms with Crippen LogP contribution < -0.4 is 17.0 Å². The number of quaternary nitrogens is 1. The molecule has 7 heteroatoms. The molecule has 0 radical (unpaired) electrons. The molecule has 0 amide bonds. The van der Waals surface area contributed by atoms with Crippen LogP contribution >= 0.6 is 0 Å². The molecule has 0 rings (SSSR count). The number of rotatable bonds is 15. The molecule has 158 valence electrons. The van der Waals surface area contributed by atoms with Gasteiger partial charge in [0, 0.05) is 26.2 Å². The number of unbranched alkanes of at least 4 members (excludes halogenated alkanes) is 13. The van der Waals surface area contributed by atoms with Crippen LogP contribution in [-0.4, -0.2) is 37.3 Å². The second-order valence-corrected chi connectivity index (χ2v) is 7.83. The molecular weight excluding hydrogens is 475 g/mol. The van der Waals surface area contributed by atoms with Crippen molar-refractivity contribution in [3.63, 3.8) is 0 Å². The number of halogens is 1. The maximum Gasteiger partial charge on any atom is 0.0780 e. The van der Waals surface area contributed by atoms with Gasteiger partial charge in [-0.2, -0.15) is 0 Å². The minimum atomic E-state index is -1.75. The second kappa shape index (κ2) is 25.5. The number of nitrogens with zero attached hydrogens (tertiary/aromatic N) is 2. The average molecular weight is 518 g/mol. The summed E-state index contributed by atoms with van der Waals surface area (Å²) >= 11 is 0. The van der Waals surface area contributed by atoms with Gasteiger partial charge in [0.2, 0.25) is 0 Å². The molecular formula is C19H42BrN2O3Zr-. The Kier molecular flexibility index (Phi) is 33.4. The monoisotopic (exact) mass is 515 g/mol. The minimum Gasteiger partial charge on any atom is -1.00 e. The first-order valence-corrected chi connectivity index (χ1v) is 9.91. The van der Waals surface area contributed by atoms with Gasteiger partial charge in [-0.3, -0.25) is 0 Å². The fraction of sp³-hybridized carbons (Fsp3) is 1.00. The molecule has 0 spiro atoms. The summed E-state index contributed by atoms with van der Waals surface area (Å²) in [5.41, 5.74) is 0. The fourth-order valence-corrected chi connectivity index (χ4v) is 2.78. The summed E-state index contributed by atoms with van der Waals surface area (Å²) in [5.74, 6) is 0. The molecule has 0 aromatic carbocycles. The van der Waals surface area contributed by atoms with Crippen LogP contribution in [0.25, 0.3) is 0 Å². The van der Waals surface area contributed by atoms with E-state index in [9.17, 15) is 0 Å². The first kappa shape index (κ1) is 34.1. The van der Waals surface area contributed by atoms with Crippen LogP contribution in [0.5, 0.6) is 0 Å². The Morgan fingerprint density at radius 2 is 0.885 bits per heavy atom. The summed E-state index contributed by atoms with van der Waals surface area (Å²) in [7, 11) is 6.88. The van der Waals surface area contributed by atoms with Crippen molar-refractivity contribution in [1.82, 2.24) is 0 Å². The van der Waals surface area contributed by atoms with Crippen LogP contribution in [0.3, 0.4) is 0 Å². The van der Waals surface area contributed by atoms with Gasteiger partial charge in [-0.15, -0.1) is 0 Å². The molecule has 5 nitrogen and oxygen atoms in total. The van der Waals surface area contributed by atoms with Gasteiger partial charge in [-0.25, -0.2) is 0 Å². The number of hydrogen-bond donors (Lipinski definition) is 0. The van der Waals surface area contributed by atoms with Crippen LogP contribution in [0.2, 0.25) is 0 Å². The third-order valence-corrected chi connectivity index (χ3v) is 4.18. The van der Waals surface area contributed by atoms with Crippen molar-refractivity contribution in [1.29, 1.82) is 0 Å². The Hall–Kier alpha value is 0.523. The molecule has 0 saturated heterocycles. The van der Waals surface area contributed by atoms with Crippen LogP contribution in [0.4, 0.5) is 0 Å². The van der Waals surface area contributed by atoms with Crippen molar-refractivity contribution in [3.8, 4) is 0 Å². The molecule has 0 aliphatic heterocycles. The van der Waals surface area contributed by atoms with E-state index in [0.717, 1.165) is 4.48 Å². The molecule has 0 atom stereocenters. The van der Waals surface area contributed by atoms with E-state index in [2.05, 4.69) is 28.1 Å². The van der Waals surface area contributed by atoms with Gasteiger partial charge in [0.05, 0.1) is 32.8 Å². The zero-order valence-corrected chi connectivity index (χ0v) is 21.6. The largest absolute Gasteiger partial charge is 1.00 e. The number of hydrogen-bond acceptors (Lipinski definition) is 3. The predicted octanol–water partition coefficient (Wildman–Crippen LogP) is 2.94. The first-order valence-electron chi connectivity index (χ1n) is 9.91. The first-order chi connectivity index (χ1) is 11.3. The second-order valence-electron chi connectivity index (χ2n) is 7.83. The maximum absolute atomic E-state index is 8.25. The molecule has 0 aliphatic carbocycles. The van der Waals surface area contributed by atoms with Gasteiger partial charge >= 0.3 is 0 Å². The maximum atomic E-state index is 8.25. The van der Waals surface area contributed by atoms with Gasteiger partial charge in [0.1, 0.15) is 0 Å². The zero-order chi connectivity index (χ0) is 18.7. The van der Waals surface area contributed by atoms with E-state index in [1.54, 1.807) is 0 Å². The molecule has 26 heavy (non-hydrogen) atoms. The molecule has 0 aromatic rings. The Morgan fingerprint density at radius 1 is 0.654 bits per heavy atom. The van der Waals surface area contributed by atoms with E-state index < -0.39 is 5.09 Å². The van der Waals surface area contributed by atoms with Gasteiger partial charge in [0.15, 0.2) is 0 Å². The molecule has 0 aliphatic rings. The normalized spacial score (nSPS) is 10.2. The average Bonchev–Trinajstić information content (AvgIpc) is 2.46. The predicted molar refractivity (Wildman–Crippen MR) is 104 cm³/mol. The van der Waals surface area contributed by atoms with E-state index in [1.807, 2.05) is 0 Å².